The summed E-state index contributed by atoms with van der Waals surface area (Å²) in [7, 11) is 0. The molecule has 5 heteroatoms. The van der Waals surface area contributed by atoms with Gasteiger partial charge in [0.05, 0.1) is 10.6 Å². The molecule has 1 amide bonds. The largest absolute Gasteiger partial charge is 0.273 e. The van der Waals surface area contributed by atoms with Gasteiger partial charge in [0.15, 0.2) is 0 Å². The number of nitrogens with zero attached hydrogens (tertiary/aromatic N) is 1. The standard InChI is InChI=1S/C14H13ClN2OS/c15-13-8-7-12(19-13)10-16-17-14(18)9-6-11-4-2-1-3-5-11/h1-5,7-8,10H,6,9H2,(H,17,18)/b16-10+. The lowest BCUT2D eigenvalue weighted by Crippen LogP contribution is -2.17. The van der Waals surface area contributed by atoms with Gasteiger partial charge in [-0.25, -0.2) is 5.43 Å². The van der Waals surface area contributed by atoms with Crippen LogP contribution in [0.25, 0.3) is 0 Å². The van der Waals surface area contributed by atoms with Crippen molar-refractivity contribution in [2.24, 2.45) is 5.10 Å². The van der Waals surface area contributed by atoms with Crippen LogP contribution < -0.4 is 5.43 Å². The Labute approximate surface area is 120 Å². The number of carbonyl (C=O) groups is 1. The maximum Gasteiger partial charge on any atom is 0.240 e. The molecule has 0 atom stereocenters. The van der Waals surface area contributed by atoms with Crippen molar-refractivity contribution in [1.29, 1.82) is 0 Å². The van der Waals surface area contributed by atoms with Crippen LogP contribution in [-0.4, -0.2) is 12.1 Å². The number of hydrogen-bond donors (Lipinski definition) is 1. The Balaban J connectivity index is 1.74. The molecule has 0 saturated heterocycles. The van der Waals surface area contributed by atoms with Crippen molar-refractivity contribution >= 4 is 35.1 Å². The average Bonchev–Trinajstić information content (AvgIpc) is 2.83. The van der Waals surface area contributed by atoms with E-state index in [0.717, 1.165) is 10.4 Å². The Bertz CT molecular complexity index is 566. The van der Waals surface area contributed by atoms with Gasteiger partial charge in [-0.1, -0.05) is 41.9 Å². The molecule has 0 aliphatic heterocycles. The minimum absolute atomic E-state index is 0.0947. The molecule has 3 nitrogen and oxygen atoms in total. The van der Waals surface area contributed by atoms with Gasteiger partial charge in [0.1, 0.15) is 0 Å². The summed E-state index contributed by atoms with van der Waals surface area (Å²) in [6.07, 6.45) is 2.73. The van der Waals surface area contributed by atoms with E-state index in [1.165, 1.54) is 11.3 Å². The Hall–Kier alpha value is -1.65. The molecule has 0 bridgehead atoms. The molecule has 0 aliphatic rings. The molecular formula is C14H13ClN2OS. The van der Waals surface area contributed by atoms with Crippen LogP contribution in [0.5, 0.6) is 0 Å². The summed E-state index contributed by atoms with van der Waals surface area (Å²) in [6.45, 7) is 0. The number of aryl methyl sites for hydroxylation is 1. The van der Waals surface area contributed by atoms with Crippen LogP contribution >= 0.6 is 22.9 Å². The molecular weight excluding hydrogens is 280 g/mol. The number of halogens is 1. The first kappa shape index (κ1) is 13.8. The zero-order valence-corrected chi connectivity index (χ0v) is 11.7. The summed E-state index contributed by atoms with van der Waals surface area (Å²) in [5.41, 5.74) is 3.65. The van der Waals surface area contributed by atoms with E-state index in [0.29, 0.717) is 17.2 Å². The molecule has 0 radical (unpaired) electrons. The van der Waals surface area contributed by atoms with Crippen LogP contribution in [0.2, 0.25) is 4.34 Å². The highest BCUT2D eigenvalue weighted by Crippen LogP contribution is 2.19. The summed E-state index contributed by atoms with van der Waals surface area (Å²) in [5.74, 6) is -0.0947. The zero-order valence-electron chi connectivity index (χ0n) is 10.2. The Morgan fingerprint density at radius 3 is 2.74 bits per heavy atom. The second kappa shape index (κ2) is 7.07. The minimum atomic E-state index is -0.0947. The molecule has 0 unspecified atom stereocenters. The molecule has 1 aromatic carbocycles. The second-order valence-corrected chi connectivity index (χ2v) is 5.67. The zero-order chi connectivity index (χ0) is 13.5. The summed E-state index contributed by atoms with van der Waals surface area (Å²) < 4.78 is 0.705. The number of hydrazone groups is 1. The lowest BCUT2D eigenvalue weighted by molar-refractivity contribution is -0.121. The molecule has 0 spiro atoms. The maximum atomic E-state index is 11.6. The molecule has 0 fully saturated rings. The van der Waals surface area contributed by atoms with Gasteiger partial charge in [0, 0.05) is 11.3 Å². The van der Waals surface area contributed by atoms with E-state index in [1.807, 2.05) is 36.4 Å². The average molecular weight is 293 g/mol. The highest BCUT2D eigenvalue weighted by molar-refractivity contribution is 7.17. The van der Waals surface area contributed by atoms with E-state index in [-0.39, 0.29) is 5.91 Å². The highest BCUT2D eigenvalue weighted by atomic mass is 35.5. The van der Waals surface area contributed by atoms with Gasteiger partial charge in [-0.2, -0.15) is 5.10 Å². The van der Waals surface area contributed by atoms with E-state index in [4.69, 9.17) is 11.6 Å². The third-order valence-corrected chi connectivity index (χ3v) is 3.62. The first-order valence-electron chi connectivity index (χ1n) is 5.85. The van der Waals surface area contributed by atoms with Crippen molar-refractivity contribution in [3.63, 3.8) is 0 Å². The molecule has 1 heterocycles. The van der Waals surface area contributed by atoms with Gasteiger partial charge < -0.3 is 0 Å². The van der Waals surface area contributed by atoms with Crippen molar-refractivity contribution in [2.45, 2.75) is 12.8 Å². The van der Waals surface area contributed by atoms with Crippen molar-refractivity contribution in [3.05, 3.63) is 57.2 Å². The normalized spacial score (nSPS) is 10.8. The summed E-state index contributed by atoms with van der Waals surface area (Å²) in [5, 5.41) is 3.89. The molecule has 19 heavy (non-hydrogen) atoms. The van der Waals surface area contributed by atoms with E-state index < -0.39 is 0 Å². The molecule has 0 saturated carbocycles. The Morgan fingerprint density at radius 2 is 2.05 bits per heavy atom. The number of thiophene rings is 1. The van der Waals surface area contributed by atoms with E-state index in [1.54, 1.807) is 12.3 Å². The molecule has 1 N–H and O–H groups in total. The molecule has 1 aromatic heterocycles. The van der Waals surface area contributed by atoms with Crippen molar-refractivity contribution in [2.75, 3.05) is 0 Å². The van der Waals surface area contributed by atoms with Gasteiger partial charge >= 0.3 is 0 Å². The van der Waals surface area contributed by atoms with Gasteiger partial charge in [-0.05, 0) is 24.1 Å². The van der Waals surface area contributed by atoms with Crippen LogP contribution in [-0.2, 0) is 11.2 Å². The molecule has 2 aromatic rings. The predicted octanol–water partition coefficient (Wildman–Crippen LogP) is 3.48. The van der Waals surface area contributed by atoms with Crippen molar-refractivity contribution < 1.29 is 4.79 Å². The quantitative estimate of drug-likeness (QED) is 0.665. The van der Waals surface area contributed by atoms with Crippen LogP contribution in [0.3, 0.4) is 0 Å². The summed E-state index contributed by atoms with van der Waals surface area (Å²) >= 11 is 7.20. The van der Waals surface area contributed by atoms with Gasteiger partial charge in [-0.3, -0.25) is 4.79 Å². The molecule has 0 aliphatic carbocycles. The SMILES string of the molecule is O=C(CCc1ccccc1)N/N=C/c1ccc(Cl)s1. The Morgan fingerprint density at radius 1 is 1.26 bits per heavy atom. The van der Waals surface area contributed by atoms with Gasteiger partial charge in [-0.15, -0.1) is 11.3 Å². The van der Waals surface area contributed by atoms with Crippen LogP contribution in [0.1, 0.15) is 16.9 Å². The summed E-state index contributed by atoms with van der Waals surface area (Å²) in [4.78, 5) is 12.5. The number of amides is 1. The third-order valence-electron chi connectivity index (χ3n) is 2.46. The smallest absolute Gasteiger partial charge is 0.240 e. The van der Waals surface area contributed by atoms with Gasteiger partial charge in [0.2, 0.25) is 5.91 Å². The predicted molar refractivity (Wildman–Crippen MR) is 79.8 cm³/mol. The maximum absolute atomic E-state index is 11.6. The molecule has 98 valence electrons. The van der Waals surface area contributed by atoms with Crippen LogP contribution in [0, 0.1) is 0 Å². The first-order valence-corrected chi connectivity index (χ1v) is 7.04. The number of rotatable bonds is 5. The number of benzene rings is 1. The van der Waals surface area contributed by atoms with E-state index in [2.05, 4.69) is 10.5 Å². The minimum Gasteiger partial charge on any atom is -0.273 e. The fourth-order valence-electron chi connectivity index (χ4n) is 1.52. The summed E-state index contributed by atoms with van der Waals surface area (Å²) in [6, 6.07) is 13.5. The topological polar surface area (TPSA) is 41.5 Å². The monoisotopic (exact) mass is 292 g/mol. The number of nitrogens with one attached hydrogen (secondary N) is 1. The highest BCUT2D eigenvalue weighted by Gasteiger charge is 2.00. The Kier molecular flexibility index (Phi) is 5.12. The van der Waals surface area contributed by atoms with Crippen molar-refractivity contribution in [3.8, 4) is 0 Å². The van der Waals surface area contributed by atoms with E-state index >= 15 is 0 Å². The lowest BCUT2D eigenvalue weighted by atomic mass is 10.1. The van der Waals surface area contributed by atoms with Crippen molar-refractivity contribution in [1.82, 2.24) is 5.43 Å². The number of hydrogen-bond acceptors (Lipinski definition) is 3. The van der Waals surface area contributed by atoms with E-state index in [9.17, 15) is 4.79 Å². The second-order valence-electron chi connectivity index (χ2n) is 3.92. The molecule has 2 rings (SSSR count). The van der Waals surface area contributed by atoms with Crippen LogP contribution in [0.4, 0.5) is 0 Å². The number of carbonyl (C=O) groups excluding carboxylic acids is 1. The fourth-order valence-corrected chi connectivity index (χ4v) is 2.46. The van der Waals surface area contributed by atoms with Crippen LogP contribution in [0.15, 0.2) is 47.6 Å². The first-order chi connectivity index (χ1) is 9.24. The lowest BCUT2D eigenvalue weighted by Gasteiger charge is -2.00. The van der Waals surface area contributed by atoms with Gasteiger partial charge in [0.25, 0.3) is 0 Å². The third kappa shape index (κ3) is 4.85. The fraction of sp³-hybridized carbons (Fsp3) is 0.143.